The van der Waals surface area contributed by atoms with Gasteiger partial charge in [0.1, 0.15) is 5.82 Å². The Morgan fingerprint density at radius 2 is 2.04 bits per heavy atom. The Morgan fingerprint density at radius 3 is 2.65 bits per heavy atom. The lowest BCUT2D eigenvalue weighted by molar-refractivity contribution is -0.138. The number of esters is 1. The monoisotopic (exact) mass is 435 g/mol. The lowest BCUT2D eigenvalue weighted by Gasteiger charge is -2.28. The van der Waals surface area contributed by atoms with E-state index < -0.39 is 11.9 Å². The maximum Gasteiger partial charge on any atom is 0.336 e. The van der Waals surface area contributed by atoms with Gasteiger partial charge in [0.25, 0.3) is 5.56 Å². The second kappa shape index (κ2) is 7.67. The van der Waals surface area contributed by atoms with Crippen molar-refractivity contribution in [1.82, 2.24) is 9.97 Å². The Kier molecular flexibility index (Phi) is 5.52. The Bertz CT molecular complexity index is 938. The summed E-state index contributed by atoms with van der Waals surface area (Å²) in [5.74, 6) is -0.522. The molecule has 2 aromatic rings. The molecule has 0 aliphatic carbocycles. The summed E-state index contributed by atoms with van der Waals surface area (Å²) in [7, 11) is 0. The molecule has 3 rings (SSSR count). The van der Waals surface area contributed by atoms with E-state index in [0.29, 0.717) is 27.8 Å². The average Bonchev–Trinajstić information content (AvgIpc) is 2.61. The molecule has 0 saturated carbocycles. The third kappa shape index (κ3) is 3.43. The van der Waals surface area contributed by atoms with Crippen LogP contribution in [0.3, 0.4) is 0 Å². The van der Waals surface area contributed by atoms with Crippen LogP contribution in [0, 0.1) is 0 Å². The number of anilines is 1. The number of aromatic nitrogens is 2. The molecule has 0 bridgehead atoms. The predicted molar refractivity (Wildman–Crippen MR) is 106 cm³/mol. The maximum absolute atomic E-state index is 12.8. The van der Waals surface area contributed by atoms with E-state index in [1.165, 1.54) is 11.8 Å². The smallest absolute Gasteiger partial charge is 0.336 e. The molecule has 0 radical (unpaired) electrons. The molecule has 1 unspecified atom stereocenters. The molecule has 0 spiro atoms. The summed E-state index contributed by atoms with van der Waals surface area (Å²) in [6.07, 6.45) is 1.84. The van der Waals surface area contributed by atoms with Crippen molar-refractivity contribution < 1.29 is 9.53 Å². The number of rotatable bonds is 4. The number of hydrogen-bond donors (Lipinski definition) is 2. The summed E-state index contributed by atoms with van der Waals surface area (Å²) in [4.78, 5) is 32.7. The number of carbonyl (C=O) groups is 1. The number of hydrogen-bond acceptors (Lipinski definition) is 6. The molecule has 0 saturated heterocycles. The zero-order chi connectivity index (χ0) is 18.8. The Balaban J connectivity index is 2.25. The first kappa shape index (κ1) is 18.7. The van der Waals surface area contributed by atoms with Crippen LogP contribution in [-0.4, -0.2) is 28.8 Å². The standard InChI is InChI=1S/C18H18BrN3O3S/c1-4-25-17(24)12-9(2)20-15-14(16(23)22-18(21-15)26-3)13(12)10-5-7-11(19)8-6-10/h5-8,13H,4H2,1-3H3,(H2,20,21,22,23). The van der Waals surface area contributed by atoms with Gasteiger partial charge in [0.05, 0.1) is 23.7 Å². The molecule has 0 amide bonds. The number of benzene rings is 1. The van der Waals surface area contributed by atoms with Crippen LogP contribution >= 0.6 is 27.7 Å². The van der Waals surface area contributed by atoms with Crippen LogP contribution in [0.15, 0.2) is 50.0 Å². The molecule has 2 heterocycles. The second-order valence-electron chi connectivity index (χ2n) is 5.71. The summed E-state index contributed by atoms with van der Waals surface area (Å²) in [5, 5.41) is 3.62. The van der Waals surface area contributed by atoms with Crippen molar-refractivity contribution in [1.29, 1.82) is 0 Å². The van der Waals surface area contributed by atoms with Crippen LogP contribution < -0.4 is 10.9 Å². The van der Waals surface area contributed by atoms with Gasteiger partial charge >= 0.3 is 5.97 Å². The number of aromatic amines is 1. The van der Waals surface area contributed by atoms with E-state index in [2.05, 4.69) is 31.2 Å². The number of nitrogens with one attached hydrogen (secondary N) is 2. The molecule has 136 valence electrons. The third-order valence-corrected chi connectivity index (χ3v) is 5.22. The molecule has 1 atom stereocenters. The highest BCUT2D eigenvalue weighted by molar-refractivity contribution is 9.10. The predicted octanol–water partition coefficient (Wildman–Crippen LogP) is 3.65. The van der Waals surface area contributed by atoms with Crippen molar-refractivity contribution in [3.8, 4) is 0 Å². The fourth-order valence-electron chi connectivity index (χ4n) is 3.00. The first-order valence-corrected chi connectivity index (χ1v) is 10.1. The highest BCUT2D eigenvalue weighted by atomic mass is 79.9. The molecule has 1 aliphatic rings. The molecule has 1 aliphatic heterocycles. The minimum atomic E-state index is -0.550. The normalized spacial score (nSPS) is 16.1. The number of nitrogens with zero attached hydrogens (tertiary/aromatic N) is 1. The molecular weight excluding hydrogens is 418 g/mol. The van der Waals surface area contributed by atoms with Crippen LogP contribution in [0.5, 0.6) is 0 Å². The summed E-state index contributed by atoms with van der Waals surface area (Å²) < 4.78 is 6.16. The molecule has 8 heteroatoms. The SMILES string of the molecule is CCOC(=O)C1=C(C)Nc2nc(SC)[nH]c(=O)c2C1c1ccc(Br)cc1. The summed E-state index contributed by atoms with van der Waals surface area (Å²) in [6.45, 7) is 3.81. The molecule has 26 heavy (non-hydrogen) atoms. The number of ether oxygens (including phenoxy) is 1. The quantitative estimate of drug-likeness (QED) is 0.433. The minimum absolute atomic E-state index is 0.259. The van der Waals surface area contributed by atoms with E-state index in [-0.39, 0.29) is 12.2 Å². The van der Waals surface area contributed by atoms with E-state index in [4.69, 9.17) is 4.74 Å². The average molecular weight is 436 g/mol. The molecule has 6 nitrogen and oxygen atoms in total. The number of thioether (sulfide) groups is 1. The van der Waals surface area contributed by atoms with Crippen LogP contribution in [0.2, 0.25) is 0 Å². The van der Waals surface area contributed by atoms with Crippen molar-refractivity contribution in [2.45, 2.75) is 24.9 Å². The van der Waals surface area contributed by atoms with Crippen molar-refractivity contribution in [3.05, 3.63) is 61.5 Å². The number of fused-ring (bicyclic) bond motifs is 1. The van der Waals surface area contributed by atoms with Crippen molar-refractivity contribution >= 4 is 39.5 Å². The molecule has 0 fully saturated rings. The van der Waals surface area contributed by atoms with E-state index in [1.807, 2.05) is 30.5 Å². The van der Waals surface area contributed by atoms with Gasteiger partial charge in [0, 0.05) is 10.2 Å². The van der Waals surface area contributed by atoms with E-state index in [0.717, 1.165) is 10.0 Å². The van der Waals surface area contributed by atoms with Gasteiger partial charge in [-0.25, -0.2) is 9.78 Å². The zero-order valence-electron chi connectivity index (χ0n) is 14.6. The van der Waals surface area contributed by atoms with Crippen molar-refractivity contribution in [3.63, 3.8) is 0 Å². The largest absolute Gasteiger partial charge is 0.463 e. The number of H-pyrrole nitrogens is 1. The van der Waals surface area contributed by atoms with Crippen LogP contribution in [0.4, 0.5) is 5.82 Å². The number of halogens is 1. The zero-order valence-corrected chi connectivity index (χ0v) is 17.0. The topological polar surface area (TPSA) is 84.1 Å². The van der Waals surface area contributed by atoms with Gasteiger partial charge in [-0.2, -0.15) is 0 Å². The Morgan fingerprint density at radius 1 is 1.35 bits per heavy atom. The lowest BCUT2D eigenvalue weighted by Crippen LogP contribution is -2.31. The summed E-state index contributed by atoms with van der Waals surface area (Å²) in [6, 6.07) is 7.54. The fourth-order valence-corrected chi connectivity index (χ4v) is 3.64. The Labute approximate surface area is 163 Å². The van der Waals surface area contributed by atoms with Crippen LogP contribution in [0.25, 0.3) is 0 Å². The Hall–Kier alpha value is -2.06. The minimum Gasteiger partial charge on any atom is -0.463 e. The third-order valence-electron chi connectivity index (χ3n) is 4.11. The molecule has 1 aromatic heterocycles. The van der Waals surface area contributed by atoms with Crippen molar-refractivity contribution in [2.75, 3.05) is 18.2 Å². The van der Waals surface area contributed by atoms with Gasteiger partial charge in [-0.05, 0) is 37.8 Å². The summed E-state index contributed by atoms with van der Waals surface area (Å²) in [5.41, 5.74) is 2.02. The first-order valence-electron chi connectivity index (χ1n) is 8.04. The highest BCUT2D eigenvalue weighted by Gasteiger charge is 2.36. The van der Waals surface area contributed by atoms with Gasteiger partial charge in [-0.3, -0.25) is 4.79 Å². The van der Waals surface area contributed by atoms with Gasteiger partial charge in [0.2, 0.25) is 0 Å². The van der Waals surface area contributed by atoms with Gasteiger partial charge in [-0.15, -0.1) is 0 Å². The van der Waals surface area contributed by atoms with Crippen molar-refractivity contribution in [2.24, 2.45) is 0 Å². The molecular formula is C18H18BrN3O3S. The van der Waals surface area contributed by atoms with Gasteiger partial charge in [-0.1, -0.05) is 39.8 Å². The number of carbonyl (C=O) groups excluding carboxylic acids is 1. The molecule has 1 aromatic carbocycles. The van der Waals surface area contributed by atoms with E-state index >= 15 is 0 Å². The summed E-state index contributed by atoms with van der Waals surface area (Å²) >= 11 is 4.77. The lowest BCUT2D eigenvalue weighted by atomic mass is 9.82. The highest BCUT2D eigenvalue weighted by Crippen LogP contribution is 2.40. The molecule has 2 N–H and O–H groups in total. The van der Waals surface area contributed by atoms with E-state index in [1.54, 1.807) is 13.8 Å². The van der Waals surface area contributed by atoms with Gasteiger partial charge in [0.15, 0.2) is 5.16 Å². The van der Waals surface area contributed by atoms with Gasteiger partial charge < -0.3 is 15.0 Å². The fraction of sp³-hybridized carbons (Fsp3) is 0.278. The van der Waals surface area contributed by atoms with E-state index in [9.17, 15) is 9.59 Å². The first-order chi connectivity index (χ1) is 12.5. The maximum atomic E-state index is 12.8. The van der Waals surface area contributed by atoms with Crippen LogP contribution in [-0.2, 0) is 9.53 Å². The van der Waals surface area contributed by atoms with Crippen LogP contribution in [0.1, 0.15) is 30.9 Å². The number of allylic oxidation sites excluding steroid dienone is 1. The second-order valence-corrected chi connectivity index (χ2v) is 7.42.